The van der Waals surface area contributed by atoms with E-state index in [0.717, 1.165) is 38.5 Å². The topological polar surface area (TPSA) is 108 Å². The van der Waals surface area contributed by atoms with Gasteiger partial charge >= 0.3 is 0 Å². The number of unbranched alkanes of at least 4 members (excludes halogenated alkanes) is 24. The number of likely N-dealkylation sites (N-methyl/N-ethyl adjacent to an activating group) is 1. The summed E-state index contributed by atoms with van der Waals surface area (Å²) in [5.74, 6) is -0.211. The maximum absolute atomic E-state index is 12.8. The Balaban J connectivity index is 4.11. The molecule has 0 saturated carbocycles. The third-order valence-corrected chi connectivity index (χ3v) is 11.0. The van der Waals surface area contributed by atoms with Crippen LogP contribution < -0.4 is 10.2 Å². The predicted molar refractivity (Wildman–Crippen MR) is 233 cm³/mol. The molecule has 0 aromatic heterocycles. The first kappa shape index (κ1) is 53.7. The average molecular weight is 797 g/mol. The lowest BCUT2D eigenvalue weighted by Crippen LogP contribution is -2.45. The van der Waals surface area contributed by atoms with E-state index < -0.39 is 26.6 Å². The molecule has 0 fully saturated rings. The quantitative estimate of drug-likeness (QED) is 0.0276. The van der Waals surface area contributed by atoms with Gasteiger partial charge in [0, 0.05) is 6.42 Å². The van der Waals surface area contributed by atoms with Gasteiger partial charge in [0.2, 0.25) is 5.91 Å². The fourth-order valence-electron chi connectivity index (χ4n) is 6.38. The molecule has 8 nitrogen and oxygen atoms in total. The molecule has 0 bridgehead atoms. The number of aliphatic hydroxyl groups excluding tert-OH is 1. The highest BCUT2D eigenvalue weighted by atomic mass is 31.2. The van der Waals surface area contributed by atoms with Crippen molar-refractivity contribution in [2.45, 2.75) is 212 Å². The molecule has 0 aromatic rings. The highest BCUT2D eigenvalue weighted by molar-refractivity contribution is 7.45. The van der Waals surface area contributed by atoms with Gasteiger partial charge < -0.3 is 28.8 Å². The van der Waals surface area contributed by atoms with Crippen molar-refractivity contribution >= 4 is 13.7 Å². The van der Waals surface area contributed by atoms with E-state index in [-0.39, 0.29) is 12.5 Å². The Morgan fingerprint density at radius 2 is 1.04 bits per heavy atom. The van der Waals surface area contributed by atoms with Gasteiger partial charge in [0.15, 0.2) is 0 Å². The van der Waals surface area contributed by atoms with E-state index >= 15 is 0 Å². The van der Waals surface area contributed by atoms with Gasteiger partial charge in [-0.25, -0.2) is 0 Å². The minimum atomic E-state index is -4.59. The molecule has 0 aliphatic heterocycles. The molecule has 55 heavy (non-hydrogen) atoms. The Bertz CT molecular complexity index is 995. The first-order chi connectivity index (χ1) is 26.5. The van der Waals surface area contributed by atoms with Crippen LogP contribution in [0.3, 0.4) is 0 Å². The normalized spacial score (nSPS) is 14.7. The van der Waals surface area contributed by atoms with Gasteiger partial charge in [0.1, 0.15) is 13.2 Å². The molecule has 2 N–H and O–H groups in total. The minimum absolute atomic E-state index is 0.00651. The summed E-state index contributed by atoms with van der Waals surface area (Å²) in [5.41, 5.74) is 0. The molecule has 0 spiro atoms. The Kier molecular flexibility index (Phi) is 37.4. The lowest BCUT2D eigenvalue weighted by Gasteiger charge is -2.29. The monoisotopic (exact) mass is 797 g/mol. The second kappa shape index (κ2) is 38.2. The highest BCUT2D eigenvalue weighted by Crippen LogP contribution is 2.38. The van der Waals surface area contributed by atoms with Crippen molar-refractivity contribution in [1.29, 1.82) is 0 Å². The second-order valence-corrected chi connectivity index (χ2v) is 18.2. The predicted octanol–water partition coefficient (Wildman–Crippen LogP) is 12.1. The van der Waals surface area contributed by atoms with Gasteiger partial charge in [-0.3, -0.25) is 9.36 Å². The van der Waals surface area contributed by atoms with Crippen molar-refractivity contribution < 1.29 is 32.9 Å². The molecule has 0 aromatic carbocycles. The molecule has 0 rings (SSSR count). The molecule has 0 radical (unpaired) electrons. The van der Waals surface area contributed by atoms with Gasteiger partial charge in [-0.1, -0.05) is 179 Å². The van der Waals surface area contributed by atoms with Crippen LogP contribution in [0.15, 0.2) is 36.5 Å². The standard InChI is InChI=1S/C46H89N2O6P/c1-6-8-10-12-14-16-17-18-19-20-21-22-23-24-25-26-27-28-29-30-31-32-34-36-38-40-46(50)47-44(43-54-55(51,52)53-42-41-48(3,4)5)45(49)39-37-35-33-15-13-11-9-7-2/h13,15,20-21,37,39,44-45,49H,6-12,14,16-19,22-36,38,40-43H2,1-5H3,(H-,47,50,51,52)/b15-13+,21-20-,39-37+. The molecule has 1 amide bonds. The SMILES string of the molecule is CCCC/C=C/CC/C=C/C(O)C(COP(=O)([O-])OCC[N+](C)(C)C)NC(=O)CCCCCCCCCCCCCCC/C=C\CCCCCCCCCC. The Morgan fingerprint density at radius 3 is 1.53 bits per heavy atom. The van der Waals surface area contributed by atoms with Crippen LogP contribution in [0.1, 0.15) is 200 Å². The van der Waals surface area contributed by atoms with Gasteiger partial charge in [-0.15, -0.1) is 0 Å². The van der Waals surface area contributed by atoms with Crippen molar-refractivity contribution in [3.8, 4) is 0 Å². The Labute approximate surface area is 340 Å². The zero-order valence-corrected chi connectivity index (χ0v) is 37.5. The van der Waals surface area contributed by atoms with Crippen LogP contribution in [0.25, 0.3) is 0 Å². The highest BCUT2D eigenvalue weighted by Gasteiger charge is 2.23. The maximum Gasteiger partial charge on any atom is 0.268 e. The van der Waals surface area contributed by atoms with Crippen molar-refractivity contribution in [2.24, 2.45) is 0 Å². The van der Waals surface area contributed by atoms with Crippen LogP contribution in [0.2, 0.25) is 0 Å². The van der Waals surface area contributed by atoms with Crippen LogP contribution in [0.5, 0.6) is 0 Å². The summed E-state index contributed by atoms with van der Waals surface area (Å²) < 4.78 is 23.1. The van der Waals surface area contributed by atoms with Crippen LogP contribution in [-0.4, -0.2) is 68.5 Å². The van der Waals surface area contributed by atoms with Crippen molar-refractivity contribution in [3.05, 3.63) is 36.5 Å². The van der Waals surface area contributed by atoms with Gasteiger partial charge in [-0.05, 0) is 51.4 Å². The third-order valence-electron chi connectivity index (χ3n) is 10.1. The number of nitrogens with zero attached hydrogens (tertiary/aromatic N) is 1. The molecule has 9 heteroatoms. The fraction of sp³-hybridized carbons (Fsp3) is 0.848. The number of phosphoric acid groups is 1. The molecule has 0 heterocycles. The van der Waals surface area contributed by atoms with Crippen LogP contribution >= 0.6 is 7.82 Å². The number of aliphatic hydroxyl groups is 1. The smallest absolute Gasteiger partial charge is 0.268 e. The number of carbonyl (C=O) groups excluding carboxylic acids is 1. The number of rotatable bonds is 41. The van der Waals surface area contributed by atoms with Crippen LogP contribution in [-0.2, 0) is 18.4 Å². The lowest BCUT2D eigenvalue weighted by molar-refractivity contribution is -0.870. The summed E-state index contributed by atoms with van der Waals surface area (Å²) in [6.07, 6.45) is 46.6. The number of quaternary nitrogens is 1. The van der Waals surface area contributed by atoms with E-state index in [0.29, 0.717) is 17.4 Å². The molecule has 0 saturated heterocycles. The van der Waals surface area contributed by atoms with Crippen molar-refractivity contribution in [2.75, 3.05) is 40.9 Å². The zero-order valence-electron chi connectivity index (χ0n) is 36.6. The summed E-state index contributed by atoms with van der Waals surface area (Å²) in [4.78, 5) is 25.2. The summed E-state index contributed by atoms with van der Waals surface area (Å²) in [6, 6.07) is -0.899. The maximum atomic E-state index is 12.8. The Hall–Kier alpha value is -1.28. The molecule has 3 atom stereocenters. The van der Waals surface area contributed by atoms with Gasteiger partial charge in [0.25, 0.3) is 7.82 Å². The zero-order chi connectivity index (χ0) is 40.7. The second-order valence-electron chi connectivity index (χ2n) is 16.7. The number of phosphoric ester groups is 1. The third kappa shape index (κ3) is 40.7. The number of carbonyl (C=O) groups is 1. The molecule has 0 aliphatic carbocycles. The molecule has 324 valence electrons. The van der Waals surface area contributed by atoms with E-state index in [4.69, 9.17) is 9.05 Å². The van der Waals surface area contributed by atoms with E-state index in [9.17, 15) is 19.4 Å². The number of allylic oxidation sites excluding steroid dienone is 5. The van der Waals surface area contributed by atoms with Crippen LogP contribution in [0.4, 0.5) is 0 Å². The van der Waals surface area contributed by atoms with E-state index in [1.165, 1.54) is 141 Å². The number of nitrogens with one attached hydrogen (secondary N) is 1. The fourth-order valence-corrected chi connectivity index (χ4v) is 7.11. The first-order valence-electron chi connectivity index (χ1n) is 22.9. The van der Waals surface area contributed by atoms with E-state index in [1.807, 2.05) is 27.2 Å². The summed E-state index contributed by atoms with van der Waals surface area (Å²) in [7, 11) is 1.24. The number of amides is 1. The molecular weight excluding hydrogens is 707 g/mol. The minimum Gasteiger partial charge on any atom is -0.756 e. The van der Waals surface area contributed by atoms with Gasteiger partial charge in [0.05, 0.1) is 39.9 Å². The Morgan fingerprint density at radius 1 is 0.618 bits per heavy atom. The molecular formula is C46H89N2O6P. The van der Waals surface area contributed by atoms with E-state index in [1.54, 1.807) is 6.08 Å². The largest absolute Gasteiger partial charge is 0.756 e. The first-order valence-corrected chi connectivity index (χ1v) is 24.3. The number of hydrogen-bond donors (Lipinski definition) is 2. The average Bonchev–Trinajstić information content (AvgIpc) is 3.13. The van der Waals surface area contributed by atoms with E-state index in [2.05, 4.69) is 43.5 Å². The lowest BCUT2D eigenvalue weighted by atomic mass is 10.0. The summed E-state index contributed by atoms with van der Waals surface area (Å²) in [5, 5.41) is 13.7. The van der Waals surface area contributed by atoms with Crippen LogP contribution in [0, 0.1) is 0 Å². The van der Waals surface area contributed by atoms with Crippen molar-refractivity contribution in [1.82, 2.24) is 5.32 Å². The molecule has 3 unspecified atom stereocenters. The van der Waals surface area contributed by atoms with Gasteiger partial charge in [-0.2, -0.15) is 0 Å². The number of hydrogen-bond acceptors (Lipinski definition) is 6. The summed E-state index contributed by atoms with van der Waals surface area (Å²) in [6.45, 7) is 4.54. The van der Waals surface area contributed by atoms with Crippen molar-refractivity contribution in [3.63, 3.8) is 0 Å². The molecule has 0 aliphatic rings. The summed E-state index contributed by atoms with van der Waals surface area (Å²) >= 11 is 0.